The summed E-state index contributed by atoms with van der Waals surface area (Å²) in [5.41, 5.74) is 0.456. The van der Waals surface area contributed by atoms with Gasteiger partial charge in [0.15, 0.2) is 5.79 Å². The lowest BCUT2D eigenvalue weighted by atomic mass is 10.0. The van der Waals surface area contributed by atoms with Gasteiger partial charge in [-0.2, -0.15) is 5.10 Å². The molecular formula is C13H16N4O3S. The predicted molar refractivity (Wildman–Crippen MR) is 75.4 cm³/mol. The van der Waals surface area contributed by atoms with Crippen LogP contribution in [0, 0.1) is 6.92 Å². The van der Waals surface area contributed by atoms with E-state index in [9.17, 15) is 4.79 Å². The molecule has 2 aromatic rings. The Morgan fingerprint density at radius 3 is 2.71 bits per heavy atom. The summed E-state index contributed by atoms with van der Waals surface area (Å²) in [6.45, 7) is 4.49. The van der Waals surface area contributed by atoms with E-state index in [-0.39, 0.29) is 5.91 Å². The molecule has 21 heavy (non-hydrogen) atoms. The largest absolute Gasteiger partial charge is 0.347 e. The van der Waals surface area contributed by atoms with Gasteiger partial charge in [-0.05, 0) is 6.92 Å². The van der Waals surface area contributed by atoms with E-state index in [1.165, 1.54) is 11.3 Å². The number of likely N-dealkylation sites (tertiary alicyclic amines) is 1. The third-order valence-corrected chi connectivity index (χ3v) is 4.83. The average molecular weight is 308 g/mol. The lowest BCUT2D eigenvalue weighted by Gasteiger charge is -2.37. The van der Waals surface area contributed by atoms with Crippen molar-refractivity contribution in [3.63, 3.8) is 0 Å². The van der Waals surface area contributed by atoms with Crippen molar-refractivity contribution in [1.29, 1.82) is 0 Å². The predicted octanol–water partition coefficient (Wildman–Crippen LogP) is 1.08. The normalized spacial score (nSPS) is 21.5. The smallest absolute Gasteiger partial charge is 0.274 e. The molecule has 0 atom stereocenters. The molecule has 2 aliphatic rings. The fourth-order valence-electron chi connectivity index (χ4n) is 2.90. The van der Waals surface area contributed by atoms with Gasteiger partial charge in [0.2, 0.25) is 4.96 Å². The summed E-state index contributed by atoms with van der Waals surface area (Å²) in [4.78, 5) is 19.4. The van der Waals surface area contributed by atoms with Gasteiger partial charge in [0.25, 0.3) is 5.91 Å². The van der Waals surface area contributed by atoms with Crippen molar-refractivity contribution in [1.82, 2.24) is 19.5 Å². The van der Waals surface area contributed by atoms with E-state index in [0.717, 1.165) is 22.8 Å². The van der Waals surface area contributed by atoms with Crippen LogP contribution < -0.4 is 0 Å². The second kappa shape index (κ2) is 4.75. The second-order valence-electron chi connectivity index (χ2n) is 5.37. The van der Waals surface area contributed by atoms with E-state index < -0.39 is 5.79 Å². The number of carbonyl (C=O) groups is 1. The third-order valence-electron chi connectivity index (χ3n) is 3.99. The lowest BCUT2D eigenvalue weighted by Crippen LogP contribution is -2.47. The number of aromatic nitrogens is 3. The van der Waals surface area contributed by atoms with Gasteiger partial charge >= 0.3 is 0 Å². The molecule has 112 valence electrons. The molecule has 1 amide bonds. The molecular weight excluding hydrogens is 292 g/mol. The highest BCUT2D eigenvalue weighted by atomic mass is 32.1. The Kier molecular flexibility index (Phi) is 2.98. The number of fused-ring (bicyclic) bond motifs is 1. The van der Waals surface area contributed by atoms with Crippen LogP contribution in [0.4, 0.5) is 0 Å². The lowest BCUT2D eigenvalue weighted by molar-refractivity contribution is -0.181. The molecule has 0 unspecified atom stereocenters. The highest BCUT2D eigenvalue weighted by Gasteiger charge is 2.41. The average Bonchev–Trinajstić information content (AvgIpc) is 3.14. The summed E-state index contributed by atoms with van der Waals surface area (Å²) in [6.07, 6.45) is 3.14. The molecule has 1 spiro atoms. The zero-order valence-electron chi connectivity index (χ0n) is 11.7. The Bertz CT molecular complexity index is 647. The number of carbonyl (C=O) groups excluding carboxylic acids is 1. The fraction of sp³-hybridized carbons (Fsp3) is 0.615. The van der Waals surface area contributed by atoms with E-state index in [4.69, 9.17) is 9.47 Å². The molecule has 0 bridgehead atoms. The van der Waals surface area contributed by atoms with E-state index in [1.807, 2.05) is 11.8 Å². The minimum Gasteiger partial charge on any atom is -0.347 e. The second-order valence-corrected chi connectivity index (χ2v) is 6.53. The number of nitrogens with zero attached hydrogens (tertiary/aromatic N) is 4. The molecule has 4 rings (SSSR count). The quantitative estimate of drug-likeness (QED) is 0.788. The van der Waals surface area contributed by atoms with Crippen molar-refractivity contribution >= 4 is 22.2 Å². The molecule has 2 aliphatic heterocycles. The van der Waals surface area contributed by atoms with Gasteiger partial charge < -0.3 is 14.4 Å². The zero-order chi connectivity index (χ0) is 14.4. The van der Waals surface area contributed by atoms with Crippen molar-refractivity contribution in [3.8, 4) is 0 Å². The molecule has 0 radical (unpaired) electrons. The standard InChI is InChI=1S/C13H16N4O3S/c1-9-15-17-8-10(14-12(17)21-9)11(18)16-4-2-13(3-5-16)19-6-7-20-13/h8H,2-7H2,1H3. The molecule has 2 fully saturated rings. The minimum atomic E-state index is -0.454. The zero-order valence-corrected chi connectivity index (χ0v) is 12.6. The number of hydrogen-bond acceptors (Lipinski definition) is 6. The van der Waals surface area contributed by atoms with Gasteiger partial charge in [-0.3, -0.25) is 4.79 Å². The Labute approximate surface area is 125 Å². The maximum absolute atomic E-state index is 12.5. The van der Waals surface area contributed by atoms with Gasteiger partial charge in [0, 0.05) is 25.9 Å². The summed E-state index contributed by atoms with van der Waals surface area (Å²) < 4.78 is 13.0. The van der Waals surface area contributed by atoms with Crippen LogP contribution >= 0.6 is 11.3 Å². The van der Waals surface area contributed by atoms with Gasteiger partial charge in [0.05, 0.1) is 19.4 Å². The molecule has 2 saturated heterocycles. The molecule has 0 N–H and O–H groups in total. The van der Waals surface area contributed by atoms with E-state index in [1.54, 1.807) is 10.7 Å². The Morgan fingerprint density at radius 1 is 1.33 bits per heavy atom. The highest BCUT2D eigenvalue weighted by molar-refractivity contribution is 7.16. The van der Waals surface area contributed by atoms with Crippen molar-refractivity contribution in [2.45, 2.75) is 25.6 Å². The van der Waals surface area contributed by atoms with Gasteiger partial charge in [-0.15, -0.1) is 0 Å². The van der Waals surface area contributed by atoms with Crippen LogP contribution in [-0.4, -0.2) is 57.5 Å². The fourth-order valence-corrected chi connectivity index (χ4v) is 3.62. The summed E-state index contributed by atoms with van der Waals surface area (Å²) in [7, 11) is 0. The van der Waals surface area contributed by atoms with Crippen LogP contribution in [0.5, 0.6) is 0 Å². The number of piperidine rings is 1. The Balaban J connectivity index is 1.48. The minimum absolute atomic E-state index is 0.0433. The summed E-state index contributed by atoms with van der Waals surface area (Å²) >= 11 is 1.48. The molecule has 2 aromatic heterocycles. The van der Waals surface area contributed by atoms with E-state index in [0.29, 0.717) is 32.0 Å². The van der Waals surface area contributed by atoms with Crippen LogP contribution in [0.15, 0.2) is 6.20 Å². The van der Waals surface area contributed by atoms with Crippen LogP contribution in [0.1, 0.15) is 28.3 Å². The molecule has 0 aromatic carbocycles. The number of rotatable bonds is 1. The maximum atomic E-state index is 12.5. The van der Waals surface area contributed by atoms with E-state index >= 15 is 0 Å². The summed E-state index contributed by atoms with van der Waals surface area (Å²) in [6, 6.07) is 0. The number of aryl methyl sites for hydroxylation is 1. The van der Waals surface area contributed by atoms with Crippen molar-refractivity contribution < 1.29 is 14.3 Å². The number of hydrogen-bond donors (Lipinski definition) is 0. The summed E-state index contributed by atoms with van der Waals surface area (Å²) in [5.74, 6) is -0.498. The Hall–Kier alpha value is -1.51. The first-order valence-electron chi connectivity index (χ1n) is 7.05. The van der Waals surface area contributed by atoms with Crippen LogP contribution in [-0.2, 0) is 9.47 Å². The van der Waals surface area contributed by atoms with Crippen molar-refractivity contribution in [2.75, 3.05) is 26.3 Å². The summed E-state index contributed by atoms with van der Waals surface area (Å²) in [5, 5.41) is 5.22. The van der Waals surface area contributed by atoms with Crippen LogP contribution in [0.2, 0.25) is 0 Å². The third kappa shape index (κ3) is 2.23. The molecule has 8 heteroatoms. The molecule has 7 nitrogen and oxygen atoms in total. The Morgan fingerprint density at radius 2 is 2.05 bits per heavy atom. The van der Waals surface area contributed by atoms with Crippen molar-refractivity contribution in [3.05, 3.63) is 16.9 Å². The number of ether oxygens (including phenoxy) is 2. The van der Waals surface area contributed by atoms with Gasteiger partial charge in [0.1, 0.15) is 10.7 Å². The topological polar surface area (TPSA) is 69.0 Å². The number of amides is 1. The van der Waals surface area contributed by atoms with Crippen LogP contribution in [0.25, 0.3) is 4.96 Å². The first kappa shape index (κ1) is 13.2. The molecule has 0 saturated carbocycles. The van der Waals surface area contributed by atoms with Gasteiger partial charge in [-0.1, -0.05) is 11.3 Å². The number of imidazole rings is 1. The van der Waals surface area contributed by atoms with E-state index in [2.05, 4.69) is 10.1 Å². The first-order chi connectivity index (χ1) is 10.2. The molecule has 0 aliphatic carbocycles. The SMILES string of the molecule is Cc1nn2cc(C(=O)N3CCC4(CC3)OCCO4)nc2s1. The maximum Gasteiger partial charge on any atom is 0.274 e. The monoisotopic (exact) mass is 308 g/mol. The highest BCUT2D eigenvalue weighted by Crippen LogP contribution is 2.31. The first-order valence-corrected chi connectivity index (χ1v) is 7.87. The van der Waals surface area contributed by atoms with Crippen molar-refractivity contribution in [2.24, 2.45) is 0 Å². The van der Waals surface area contributed by atoms with Gasteiger partial charge in [-0.25, -0.2) is 9.50 Å². The van der Waals surface area contributed by atoms with Crippen LogP contribution in [0.3, 0.4) is 0 Å². The molecule has 4 heterocycles.